The minimum absolute atomic E-state index is 0.848. The van der Waals surface area contributed by atoms with Crippen molar-refractivity contribution in [3.05, 3.63) is 39.4 Å². The van der Waals surface area contributed by atoms with Crippen molar-refractivity contribution in [1.29, 1.82) is 0 Å². The molecule has 0 amide bonds. The first-order valence-corrected chi connectivity index (χ1v) is 6.32. The lowest BCUT2D eigenvalue weighted by molar-refractivity contribution is 0.967. The molecule has 15 heavy (non-hydrogen) atoms. The van der Waals surface area contributed by atoms with Crippen LogP contribution in [0, 0.1) is 0 Å². The summed E-state index contributed by atoms with van der Waals surface area (Å²) < 4.78 is 0.848. The molecule has 0 saturated heterocycles. The van der Waals surface area contributed by atoms with Gasteiger partial charge in [-0.15, -0.1) is 11.3 Å². The summed E-state index contributed by atoms with van der Waals surface area (Å²) in [4.78, 5) is 8.49. The van der Waals surface area contributed by atoms with E-state index in [9.17, 15) is 0 Å². The molecule has 3 nitrogen and oxygen atoms in total. The van der Waals surface area contributed by atoms with Crippen molar-refractivity contribution in [3.63, 3.8) is 0 Å². The van der Waals surface area contributed by atoms with Gasteiger partial charge in [-0.05, 0) is 28.1 Å². The zero-order valence-corrected chi connectivity index (χ0v) is 10.4. The van der Waals surface area contributed by atoms with E-state index >= 15 is 0 Å². The predicted molar refractivity (Wildman–Crippen MR) is 66.2 cm³/mol. The highest BCUT2D eigenvalue weighted by Crippen LogP contribution is 2.10. The minimum atomic E-state index is 0.848. The fourth-order valence-electron chi connectivity index (χ4n) is 1.19. The molecule has 2 aromatic rings. The molecule has 0 aliphatic rings. The maximum atomic E-state index is 4.28. The van der Waals surface area contributed by atoms with E-state index in [-0.39, 0.29) is 0 Å². The molecule has 0 atom stereocenters. The molecule has 0 aliphatic carbocycles. The van der Waals surface area contributed by atoms with Gasteiger partial charge in [-0.25, -0.2) is 9.97 Å². The van der Waals surface area contributed by atoms with Gasteiger partial charge in [-0.1, -0.05) is 6.07 Å². The second-order valence-corrected chi connectivity index (χ2v) is 4.53. The highest BCUT2D eigenvalue weighted by molar-refractivity contribution is 9.10. The van der Waals surface area contributed by atoms with Crippen LogP contribution in [0.5, 0.6) is 0 Å². The van der Waals surface area contributed by atoms with Crippen molar-refractivity contribution in [2.24, 2.45) is 0 Å². The molecule has 2 aromatic heterocycles. The van der Waals surface area contributed by atoms with Crippen LogP contribution in [0.3, 0.4) is 0 Å². The number of nitrogens with one attached hydrogen (secondary N) is 1. The highest BCUT2D eigenvalue weighted by atomic mass is 79.9. The number of hydrogen-bond acceptors (Lipinski definition) is 4. The molecule has 0 spiro atoms. The van der Waals surface area contributed by atoms with E-state index in [4.69, 9.17) is 0 Å². The maximum absolute atomic E-state index is 4.28. The fourth-order valence-corrected chi connectivity index (χ4v) is 2.12. The average molecular weight is 284 g/mol. The number of nitrogens with zero attached hydrogens (tertiary/aromatic N) is 2. The van der Waals surface area contributed by atoms with E-state index in [1.54, 1.807) is 11.3 Å². The Hall–Kier alpha value is -0.940. The quantitative estimate of drug-likeness (QED) is 0.877. The Morgan fingerprint density at radius 2 is 2.33 bits per heavy atom. The van der Waals surface area contributed by atoms with Crippen LogP contribution in [0.15, 0.2) is 33.7 Å². The van der Waals surface area contributed by atoms with Gasteiger partial charge >= 0.3 is 0 Å². The lowest BCUT2D eigenvalue weighted by Gasteiger charge is -2.03. The molecule has 2 heterocycles. The number of anilines is 1. The number of thiazole rings is 1. The molecule has 0 fully saturated rings. The fraction of sp³-hybridized carbons (Fsp3) is 0.200. The topological polar surface area (TPSA) is 37.8 Å². The highest BCUT2D eigenvalue weighted by Gasteiger charge is 1.96. The van der Waals surface area contributed by atoms with Crippen molar-refractivity contribution < 1.29 is 0 Å². The van der Waals surface area contributed by atoms with Crippen molar-refractivity contribution in [2.45, 2.75) is 6.42 Å². The summed E-state index contributed by atoms with van der Waals surface area (Å²) in [5.74, 6) is 0.889. The van der Waals surface area contributed by atoms with Crippen molar-refractivity contribution in [2.75, 3.05) is 11.9 Å². The number of pyridine rings is 1. The lowest BCUT2D eigenvalue weighted by Crippen LogP contribution is -2.06. The van der Waals surface area contributed by atoms with Gasteiger partial charge in [-0.2, -0.15) is 0 Å². The van der Waals surface area contributed by atoms with Crippen molar-refractivity contribution >= 4 is 33.1 Å². The maximum Gasteiger partial charge on any atom is 0.127 e. The third kappa shape index (κ3) is 3.28. The van der Waals surface area contributed by atoms with Crippen LogP contribution in [0.2, 0.25) is 0 Å². The molecule has 2 rings (SSSR count). The normalized spacial score (nSPS) is 10.2. The first-order chi connectivity index (χ1) is 7.34. The van der Waals surface area contributed by atoms with Crippen LogP contribution in [0.25, 0.3) is 0 Å². The molecule has 0 unspecified atom stereocenters. The van der Waals surface area contributed by atoms with Gasteiger partial charge in [0.05, 0.1) is 11.2 Å². The van der Waals surface area contributed by atoms with Gasteiger partial charge in [0.2, 0.25) is 0 Å². The Kier molecular flexibility index (Phi) is 3.69. The average Bonchev–Trinajstić information content (AvgIpc) is 2.71. The van der Waals surface area contributed by atoms with Gasteiger partial charge < -0.3 is 5.32 Å². The second kappa shape index (κ2) is 5.23. The Bertz CT molecular complexity index is 416. The van der Waals surface area contributed by atoms with Crippen LogP contribution in [0.1, 0.15) is 5.69 Å². The standard InChI is InChI=1S/C10H10BrN3S/c11-9-2-1-3-10(14-9)12-5-4-8-6-15-7-13-8/h1-3,6-7H,4-5H2,(H,12,14). The van der Waals surface area contributed by atoms with Crippen LogP contribution in [-0.4, -0.2) is 16.5 Å². The number of rotatable bonds is 4. The molecule has 0 aromatic carbocycles. The molecule has 0 saturated carbocycles. The molecule has 5 heteroatoms. The van der Waals surface area contributed by atoms with Crippen LogP contribution in [-0.2, 0) is 6.42 Å². The molecule has 1 N–H and O–H groups in total. The zero-order valence-electron chi connectivity index (χ0n) is 7.98. The third-order valence-electron chi connectivity index (χ3n) is 1.89. The monoisotopic (exact) mass is 283 g/mol. The van der Waals surface area contributed by atoms with Crippen LogP contribution < -0.4 is 5.32 Å². The van der Waals surface area contributed by atoms with E-state index in [0.717, 1.165) is 29.1 Å². The van der Waals surface area contributed by atoms with E-state index in [0.29, 0.717) is 0 Å². The number of hydrogen-bond donors (Lipinski definition) is 1. The summed E-state index contributed by atoms with van der Waals surface area (Å²) in [6, 6.07) is 5.82. The predicted octanol–water partition coefficient (Wildman–Crippen LogP) is 2.96. The Labute approximate surface area is 101 Å². The van der Waals surface area contributed by atoms with E-state index in [2.05, 4.69) is 36.6 Å². The molecular weight excluding hydrogens is 274 g/mol. The Morgan fingerprint density at radius 3 is 3.07 bits per heavy atom. The lowest BCUT2D eigenvalue weighted by atomic mass is 10.3. The van der Waals surface area contributed by atoms with Crippen molar-refractivity contribution in [1.82, 2.24) is 9.97 Å². The first kappa shape index (κ1) is 10.6. The Balaban J connectivity index is 1.83. The largest absolute Gasteiger partial charge is 0.370 e. The van der Waals surface area contributed by atoms with E-state index in [1.165, 1.54) is 0 Å². The number of aromatic nitrogens is 2. The van der Waals surface area contributed by atoms with Crippen LogP contribution >= 0.6 is 27.3 Å². The van der Waals surface area contributed by atoms with Crippen molar-refractivity contribution in [3.8, 4) is 0 Å². The minimum Gasteiger partial charge on any atom is -0.370 e. The van der Waals surface area contributed by atoms with E-state index in [1.807, 2.05) is 23.7 Å². The molecule has 0 radical (unpaired) electrons. The Morgan fingerprint density at radius 1 is 1.40 bits per heavy atom. The van der Waals surface area contributed by atoms with Gasteiger partial charge in [0.1, 0.15) is 10.4 Å². The molecular formula is C10H10BrN3S. The smallest absolute Gasteiger partial charge is 0.127 e. The summed E-state index contributed by atoms with van der Waals surface area (Å²) in [5.41, 5.74) is 2.98. The van der Waals surface area contributed by atoms with Gasteiger partial charge in [0.15, 0.2) is 0 Å². The van der Waals surface area contributed by atoms with Crippen LogP contribution in [0.4, 0.5) is 5.82 Å². The zero-order chi connectivity index (χ0) is 10.5. The summed E-state index contributed by atoms with van der Waals surface area (Å²) in [6.07, 6.45) is 0.928. The first-order valence-electron chi connectivity index (χ1n) is 4.58. The molecule has 0 bridgehead atoms. The summed E-state index contributed by atoms with van der Waals surface area (Å²) >= 11 is 4.96. The summed E-state index contributed by atoms with van der Waals surface area (Å²) in [5, 5.41) is 5.31. The summed E-state index contributed by atoms with van der Waals surface area (Å²) in [6.45, 7) is 0.854. The molecule has 78 valence electrons. The second-order valence-electron chi connectivity index (χ2n) is 3.00. The van der Waals surface area contributed by atoms with Gasteiger partial charge in [0, 0.05) is 18.3 Å². The third-order valence-corrected chi connectivity index (χ3v) is 2.96. The SMILES string of the molecule is Brc1cccc(NCCc2cscn2)n1. The number of halogens is 1. The van der Waals surface area contributed by atoms with Gasteiger partial charge in [0.25, 0.3) is 0 Å². The van der Waals surface area contributed by atoms with Gasteiger partial charge in [-0.3, -0.25) is 0 Å². The molecule has 0 aliphatic heterocycles. The van der Waals surface area contributed by atoms with E-state index < -0.39 is 0 Å². The summed E-state index contributed by atoms with van der Waals surface area (Å²) in [7, 11) is 0.